The van der Waals surface area contributed by atoms with Gasteiger partial charge in [-0.1, -0.05) is 18.2 Å². The van der Waals surface area contributed by atoms with Crippen LogP contribution in [-0.4, -0.2) is 58.4 Å². The lowest BCUT2D eigenvalue weighted by Gasteiger charge is -2.36. The molecule has 2 aliphatic rings. The van der Waals surface area contributed by atoms with Crippen LogP contribution in [0, 0.1) is 0 Å². The van der Waals surface area contributed by atoms with E-state index in [0.717, 1.165) is 67.9 Å². The number of aliphatic hydroxyl groups excluding tert-OH is 1. The fourth-order valence-corrected chi connectivity index (χ4v) is 4.49. The molecular formula is C23H27N5O2. The summed E-state index contributed by atoms with van der Waals surface area (Å²) in [5.41, 5.74) is 1.01. The molecule has 0 radical (unpaired) electrons. The van der Waals surface area contributed by atoms with Gasteiger partial charge in [0.15, 0.2) is 5.82 Å². The summed E-state index contributed by atoms with van der Waals surface area (Å²) in [5, 5.41) is 10.9. The number of fused-ring (bicyclic) bond motifs is 1. The van der Waals surface area contributed by atoms with Crippen LogP contribution in [0.3, 0.4) is 0 Å². The molecule has 7 heteroatoms. The van der Waals surface area contributed by atoms with Crippen molar-refractivity contribution in [3.05, 3.63) is 48.8 Å². The number of aliphatic hydroxyl groups is 1. The Bertz CT molecular complexity index is 1010. The molecule has 156 valence electrons. The fourth-order valence-electron chi connectivity index (χ4n) is 4.49. The van der Waals surface area contributed by atoms with Gasteiger partial charge in [0.05, 0.1) is 24.7 Å². The first-order chi connectivity index (χ1) is 14.8. The topological polar surface area (TPSA) is 74.6 Å². The predicted octanol–water partition coefficient (Wildman–Crippen LogP) is 3.03. The van der Waals surface area contributed by atoms with E-state index in [2.05, 4.69) is 38.0 Å². The zero-order chi connectivity index (χ0) is 20.3. The number of ether oxygens (including phenoxy) is 1. The van der Waals surface area contributed by atoms with Crippen molar-refractivity contribution in [2.75, 3.05) is 36.0 Å². The van der Waals surface area contributed by atoms with Gasteiger partial charge in [0.1, 0.15) is 11.9 Å². The molecule has 7 nitrogen and oxygen atoms in total. The Kier molecular flexibility index (Phi) is 5.36. The summed E-state index contributed by atoms with van der Waals surface area (Å²) < 4.78 is 6.33. The van der Waals surface area contributed by atoms with Gasteiger partial charge in [0.25, 0.3) is 5.88 Å². The Hall–Kier alpha value is -2.93. The molecule has 0 aliphatic carbocycles. The van der Waals surface area contributed by atoms with Crippen molar-refractivity contribution in [3.63, 3.8) is 0 Å². The zero-order valence-corrected chi connectivity index (χ0v) is 17.0. The highest BCUT2D eigenvalue weighted by Crippen LogP contribution is 2.31. The second-order valence-corrected chi connectivity index (χ2v) is 8.05. The summed E-state index contributed by atoms with van der Waals surface area (Å²) in [6.45, 7) is 2.66. The normalized spacial score (nSPS) is 21.9. The summed E-state index contributed by atoms with van der Waals surface area (Å²) >= 11 is 0. The van der Waals surface area contributed by atoms with Crippen LogP contribution in [0.4, 0.5) is 11.6 Å². The van der Waals surface area contributed by atoms with Crippen LogP contribution in [0.15, 0.2) is 48.8 Å². The molecule has 1 N–H and O–H groups in total. The van der Waals surface area contributed by atoms with Crippen LogP contribution in [0.5, 0.6) is 5.88 Å². The van der Waals surface area contributed by atoms with E-state index in [0.29, 0.717) is 5.88 Å². The Balaban J connectivity index is 1.31. The molecule has 2 aromatic heterocycles. The molecule has 30 heavy (non-hydrogen) atoms. The summed E-state index contributed by atoms with van der Waals surface area (Å²) in [5.74, 6) is 2.30. The van der Waals surface area contributed by atoms with Crippen LogP contribution < -0.4 is 14.5 Å². The minimum absolute atomic E-state index is 0.0334. The highest BCUT2D eigenvalue weighted by molar-refractivity contribution is 5.80. The first-order valence-corrected chi connectivity index (χ1v) is 10.8. The predicted molar refractivity (Wildman–Crippen MR) is 117 cm³/mol. The third-order valence-electron chi connectivity index (χ3n) is 6.09. The van der Waals surface area contributed by atoms with Crippen molar-refractivity contribution in [1.82, 2.24) is 15.0 Å². The Labute approximate surface area is 176 Å². The number of nitrogens with zero attached hydrogens (tertiary/aromatic N) is 5. The van der Waals surface area contributed by atoms with Crippen LogP contribution >= 0.6 is 0 Å². The SMILES string of the molecule is OCC1CCCCN1c1nccnc1O[C@@H]1CCN(c2ccc3ccccc3n2)C1. The highest BCUT2D eigenvalue weighted by Gasteiger charge is 2.30. The number of anilines is 2. The molecule has 0 spiro atoms. The molecule has 1 aromatic carbocycles. The van der Waals surface area contributed by atoms with Crippen molar-refractivity contribution in [2.24, 2.45) is 0 Å². The van der Waals surface area contributed by atoms with E-state index in [1.807, 2.05) is 18.2 Å². The molecule has 0 amide bonds. The van der Waals surface area contributed by atoms with Gasteiger partial charge in [-0.3, -0.25) is 0 Å². The van der Waals surface area contributed by atoms with Crippen molar-refractivity contribution < 1.29 is 9.84 Å². The number of aromatic nitrogens is 3. The van der Waals surface area contributed by atoms with Gasteiger partial charge in [0, 0.05) is 37.3 Å². The second kappa shape index (κ2) is 8.44. The number of hydrogen-bond donors (Lipinski definition) is 1. The fraction of sp³-hybridized carbons (Fsp3) is 0.435. The van der Waals surface area contributed by atoms with Crippen LogP contribution in [0.1, 0.15) is 25.7 Å². The van der Waals surface area contributed by atoms with Gasteiger partial charge in [-0.2, -0.15) is 0 Å². The highest BCUT2D eigenvalue weighted by atomic mass is 16.5. The number of pyridine rings is 1. The Morgan fingerprint density at radius 3 is 2.83 bits per heavy atom. The number of hydrogen-bond acceptors (Lipinski definition) is 7. The molecule has 2 fully saturated rings. The lowest BCUT2D eigenvalue weighted by atomic mass is 10.0. The molecule has 2 atom stereocenters. The van der Waals surface area contributed by atoms with E-state index in [9.17, 15) is 5.11 Å². The molecule has 5 rings (SSSR count). The largest absolute Gasteiger partial charge is 0.470 e. The number of piperidine rings is 1. The number of benzene rings is 1. The molecule has 2 aliphatic heterocycles. The first kappa shape index (κ1) is 19.1. The van der Waals surface area contributed by atoms with E-state index in [-0.39, 0.29) is 18.8 Å². The molecule has 4 heterocycles. The maximum Gasteiger partial charge on any atom is 0.257 e. The zero-order valence-electron chi connectivity index (χ0n) is 17.0. The van der Waals surface area contributed by atoms with Crippen molar-refractivity contribution in [2.45, 2.75) is 37.8 Å². The van der Waals surface area contributed by atoms with E-state index in [1.165, 1.54) is 0 Å². The standard InChI is InChI=1S/C23H27N5O2/c29-16-18-6-3-4-13-28(18)22-23(25-12-11-24-22)30-19-10-14-27(15-19)21-9-8-17-5-1-2-7-20(17)26-21/h1-2,5,7-9,11-12,18-19,29H,3-4,6,10,13-16H2/t18?,19-/m1/s1. The first-order valence-electron chi connectivity index (χ1n) is 10.8. The smallest absolute Gasteiger partial charge is 0.257 e. The average Bonchev–Trinajstić information content (AvgIpc) is 3.27. The lowest BCUT2D eigenvalue weighted by molar-refractivity contribution is 0.210. The van der Waals surface area contributed by atoms with E-state index in [1.54, 1.807) is 12.4 Å². The lowest BCUT2D eigenvalue weighted by Crippen LogP contribution is -2.42. The molecular weight excluding hydrogens is 378 g/mol. The maximum atomic E-state index is 9.79. The quantitative estimate of drug-likeness (QED) is 0.699. The average molecular weight is 406 g/mol. The van der Waals surface area contributed by atoms with E-state index < -0.39 is 0 Å². The molecule has 1 unspecified atom stereocenters. The second-order valence-electron chi connectivity index (χ2n) is 8.05. The monoisotopic (exact) mass is 405 g/mol. The number of para-hydroxylation sites is 1. The third-order valence-corrected chi connectivity index (χ3v) is 6.09. The Morgan fingerprint density at radius 2 is 1.90 bits per heavy atom. The minimum atomic E-state index is 0.0334. The summed E-state index contributed by atoms with van der Waals surface area (Å²) in [6.07, 6.45) is 7.52. The van der Waals surface area contributed by atoms with Crippen molar-refractivity contribution >= 4 is 22.5 Å². The minimum Gasteiger partial charge on any atom is -0.470 e. The maximum absolute atomic E-state index is 9.79. The molecule has 2 saturated heterocycles. The van der Waals surface area contributed by atoms with Crippen molar-refractivity contribution in [1.29, 1.82) is 0 Å². The summed E-state index contributed by atoms with van der Waals surface area (Å²) in [6, 6.07) is 12.5. The van der Waals surface area contributed by atoms with Crippen LogP contribution in [0.25, 0.3) is 10.9 Å². The van der Waals surface area contributed by atoms with Gasteiger partial charge in [-0.15, -0.1) is 0 Å². The molecule has 3 aromatic rings. The van der Waals surface area contributed by atoms with Gasteiger partial charge < -0.3 is 19.6 Å². The third kappa shape index (κ3) is 3.77. The molecule has 0 bridgehead atoms. The number of rotatable bonds is 5. The van der Waals surface area contributed by atoms with Gasteiger partial charge in [-0.25, -0.2) is 15.0 Å². The van der Waals surface area contributed by atoms with E-state index >= 15 is 0 Å². The molecule has 0 saturated carbocycles. The van der Waals surface area contributed by atoms with Gasteiger partial charge in [-0.05, 0) is 37.5 Å². The van der Waals surface area contributed by atoms with E-state index in [4.69, 9.17) is 9.72 Å². The van der Waals surface area contributed by atoms with Gasteiger partial charge >= 0.3 is 0 Å². The Morgan fingerprint density at radius 1 is 1.00 bits per heavy atom. The van der Waals surface area contributed by atoms with Crippen molar-refractivity contribution in [3.8, 4) is 5.88 Å². The summed E-state index contributed by atoms with van der Waals surface area (Å²) in [7, 11) is 0. The van der Waals surface area contributed by atoms with Crippen LogP contribution in [0.2, 0.25) is 0 Å². The summed E-state index contributed by atoms with van der Waals surface area (Å²) in [4.78, 5) is 18.3. The van der Waals surface area contributed by atoms with Crippen LogP contribution in [-0.2, 0) is 0 Å². The van der Waals surface area contributed by atoms with Gasteiger partial charge in [0.2, 0.25) is 0 Å².